The van der Waals surface area contributed by atoms with Crippen LogP contribution in [0.15, 0.2) is 41.5 Å². The van der Waals surface area contributed by atoms with Gasteiger partial charge in [-0.15, -0.1) is 0 Å². The standard InChI is InChI=1S/C29H39FN4O3/c1-18(2)24-11-10-19(3)14-26(24)34(5)27(37)29(32-28(34)31,21-8-6-9-23(36)15-21)22-16-25(20(4)35)33(17-22)13-7-12-30/h6,8-9,15-19,24,26H,7,10-14H2,1-5H3,(H2-,31,32,36)/p+1. The number of guanidine groups is 1. The van der Waals surface area contributed by atoms with Crippen molar-refractivity contribution in [1.82, 2.24) is 4.57 Å². The second kappa shape index (κ2) is 10.0. The fourth-order valence-corrected chi connectivity index (χ4v) is 6.53. The number of hydrogen-bond donors (Lipinski definition) is 2. The lowest BCUT2D eigenvalue weighted by molar-refractivity contribution is -0.778. The molecule has 2 aromatic rings. The first-order valence-electron chi connectivity index (χ1n) is 13.3. The fraction of sp³-hybridized carbons (Fsp3) is 0.552. The summed E-state index contributed by atoms with van der Waals surface area (Å²) < 4.78 is 14.6. The number of aromatic hydroxyl groups is 1. The largest absolute Gasteiger partial charge is 0.508 e. The van der Waals surface area contributed by atoms with Gasteiger partial charge in [0.1, 0.15) is 11.8 Å². The lowest BCUT2D eigenvalue weighted by atomic mass is 9.72. The molecule has 0 bridgehead atoms. The zero-order valence-electron chi connectivity index (χ0n) is 22.6. The maximum atomic E-state index is 14.9. The first kappa shape index (κ1) is 27.0. The van der Waals surface area contributed by atoms with Crippen molar-refractivity contribution >= 4 is 17.6 Å². The van der Waals surface area contributed by atoms with Crippen molar-refractivity contribution in [3.63, 3.8) is 0 Å². The molecule has 1 aliphatic heterocycles. The van der Waals surface area contributed by atoms with E-state index in [1.54, 1.807) is 41.1 Å². The van der Waals surface area contributed by atoms with Crippen LogP contribution in [0.2, 0.25) is 0 Å². The molecule has 1 aromatic carbocycles. The predicted molar refractivity (Wildman–Crippen MR) is 142 cm³/mol. The Morgan fingerprint density at radius 3 is 2.65 bits per heavy atom. The van der Waals surface area contributed by atoms with E-state index in [0.29, 0.717) is 41.1 Å². The number of aryl methyl sites for hydroxylation is 1. The first-order valence-corrected chi connectivity index (χ1v) is 13.3. The monoisotopic (exact) mass is 511 g/mol. The molecule has 1 aromatic heterocycles. The number of nitrogens with two attached hydrogens (primary N) is 1. The highest BCUT2D eigenvalue weighted by atomic mass is 19.1. The van der Waals surface area contributed by atoms with Crippen molar-refractivity contribution in [3.8, 4) is 5.75 Å². The fourth-order valence-electron chi connectivity index (χ4n) is 6.53. The van der Waals surface area contributed by atoms with E-state index in [1.165, 1.54) is 6.92 Å². The number of benzene rings is 1. The van der Waals surface area contributed by atoms with Crippen LogP contribution in [0.5, 0.6) is 5.75 Å². The molecule has 7 nitrogen and oxygen atoms in total. The molecule has 1 fully saturated rings. The van der Waals surface area contributed by atoms with Crippen LogP contribution in [0.3, 0.4) is 0 Å². The number of aliphatic imine (C=N–C) groups is 1. The molecule has 1 amide bonds. The van der Waals surface area contributed by atoms with Crippen LogP contribution in [-0.2, 0) is 16.9 Å². The van der Waals surface area contributed by atoms with E-state index in [4.69, 9.17) is 10.7 Å². The molecular formula is C29H40FN4O3+. The summed E-state index contributed by atoms with van der Waals surface area (Å²) in [4.78, 5) is 32.3. The highest BCUT2D eigenvalue weighted by molar-refractivity contribution is 6.02. The zero-order valence-corrected chi connectivity index (χ0v) is 22.6. The molecule has 200 valence electrons. The third-order valence-corrected chi connectivity index (χ3v) is 8.61. The Morgan fingerprint density at radius 2 is 2.03 bits per heavy atom. The van der Waals surface area contributed by atoms with Crippen molar-refractivity contribution in [2.75, 3.05) is 13.7 Å². The second-order valence-corrected chi connectivity index (χ2v) is 11.4. The van der Waals surface area contributed by atoms with Crippen LogP contribution in [0.1, 0.15) is 75.0 Å². The van der Waals surface area contributed by atoms with Crippen molar-refractivity contribution in [3.05, 3.63) is 53.3 Å². The molecule has 5 atom stereocenters. The summed E-state index contributed by atoms with van der Waals surface area (Å²) >= 11 is 0. The molecule has 0 radical (unpaired) electrons. The molecule has 5 unspecified atom stereocenters. The molecule has 0 spiro atoms. The number of alkyl halides is 1. The minimum absolute atomic E-state index is 0.00884. The Bertz CT molecular complexity index is 1220. The highest BCUT2D eigenvalue weighted by Crippen LogP contribution is 2.48. The average Bonchev–Trinajstić information content (AvgIpc) is 3.37. The van der Waals surface area contributed by atoms with Crippen LogP contribution in [0, 0.1) is 17.8 Å². The number of quaternary nitrogens is 1. The topological polar surface area (TPSA) is 97.7 Å². The van der Waals surface area contributed by atoms with Gasteiger partial charge in [-0.3, -0.25) is 9.18 Å². The normalized spacial score (nSPS) is 30.1. The van der Waals surface area contributed by atoms with Gasteiger partial charge in [-0.25, -0.2) is 4.79 Å². The number of phenols is 1. The number of phenolic OH excluding ortho intramolecular Hbond substituents is 1. The number of ketones is 1. The molecular weight excluding hydrogens is 471 g/mol. The Balaban J connectivity index is 1.94. The molecule has 3 N–H and O–H groups in total. The summed E-state index contributed by atoms with van der Waals surface area (Å²) in [6.45, 7) is 7.85. The lowest BCUT2D eigenvalue weighted by Crippen LogP contribution is -2.66. The van der Waals surface area contributed by atoms with Gasteiger partial charge in [-0.1, -0.05) is 32.9 Å². The second-order valence-electron chi connectivity index (χ2n) is 11.4. The Hall–Kier alpha value is -3.00. The van der Waals surface area contributed by atoms with Crippen molar-refractivity contribution in [2.45, 2.75) is 71.5 Å². The molecule has 1 aliphatic carbocycles. The van der Waals surface area contributed by atoms with Crippen LogP contribution in [-0.4, -0.2) is 51.6 Å². The highest BCUT2D eigenvalue weighted by Gasteiger charge is 2.65. The van der Waals surface area contributed by atoms with Gasteiger partial charge in [0.2, 0.25) is 5.54 Å². The first-order chi connectivity index (χ1) is 17.5. The molecule has 0 saturated heterocycles. The van der Waals surface area contributed by atoms with E-state index in [9.17, 15) is 19.1 Å². The minimum Gasteiger partial charge on any atom is -0.508 e. The maximum Gasteiger partial charge on any atom is 0.358 e. The van der Waals surface area contributed by atoms with E-state index in [0.717, 1.165) is 19.3 Å². The zero-order chi connectivity index (χ0) is 27.1. The summed E-state index contributed by atoms with van der Waals surface area (Å²) in [5, 5.41) is 10.4. The van der Waals surface area contributed by atoms with E-state index in [2.05, 4.69) is 20.8 Å². The van der Waals surface area contributed by atoms with Gasteiger partial charge >= 0.3 is 11.9 Å². The summed E-state index contributed by atoms with van der Waals surface area (Å²) in [6.07, 6.45) is 4.96. The number of amides is 1. The number of hydrogen-bond acceptors (Lipinski definition) is 5. The number of Topliss-reactive ketones (excluding diaryl/α,β-unsaturated/α-hetero) is 1. The van der Waals surface area contributed by atoms with Crippen molar-refractivity contribution in [1.29, 1.82) is 0 Å². The molecule has 37 heavy (non-hydrogen) atoms. The number of halogens is 1. The summed E-state index contributed by atoms with van der Waals surface area (Å²) in [5.41, 5.74) is 6.57. The quantitative estimate of drug-likeness (QED) is 0.394. The van der Waals surface area contributed by atoms with Gasteiger partial charge < -0.3 is 15.4 Å². The smallest absolute Gasteiger partial charge is 0.358 e. The van der Waals surface area contributed by atoms with Gasteiger partial charge in [-0.05, 0) is 49.3 Å². The summed E-state index contributed by atoms with van der Waals surface area (Å²) in [6, 6.07) is 8.17. The number of aromatic nitrogens is 1. The molecule has 2 aliphatic rings. The number of carbonyl (C=O) groups excluding carboxylic acids is 2. The van der Waals surface area contributed by atoms with Crippen LogP contribution < -0.4 is 5.73 Å². The third kappa shape index (κ3) is 4.39. The Morgan fingerprint density at radius 1 is 1.30 bits per heavy atom. The Kier molecular flexibility index (Phi) is 7.34. The van der Waals surface area contributed by atoms with Crippen LogP contribution >= 0.6 is 0 Å². The summed E-state index contributed by atoms with van der Waals surface area (Å²) in [5.74, 6) is 0.983. The molecule has 4 rings (SSSR count). The molecule has 1 saturated carbocycles. The van der Waals surface area contributed by atoms with Gasteiger partial charge in [0.05, 0.1) is 19.4 Å². The van der Waals surface area contributed by atoms with Crippen molar-refractivity contribution in [2.24, 2.45) is 28.5 Å². The number of nitrogens with zero attached hydrogens (tertiary/aromatic N) is 3. The third-order valence-electron chi connectivity index (χ3n) is 8.61. The maximum absolute atomic E-state index is 14.9. The SMILES string of the molecule is CC(=O)c1cc(C2(c3cccc(O)c3)N=C(N)[N+](C)(C3CC(C)CCC3C(C)C)C2=O)cn1CCCF. The van der Waals surface area contributed by atoms with Crippen LogP contribution in [0.4, 0.5) is 4.39 Å². The number of rotatable bonds is 8. The van der Waals surface area contributed by atoms with Gasteiger partial charge in [-0.2, -0.15) is 9.48 Å². The lowest BCUT2D eigenvalue weighted by Gasteiger charge is -2.45. The minimum atomic E-state index is -1.54. The summed E-state index contributed by atoms with van der Waals surface area (Å²) in [7, 11) is 1.87. The van der Waals surface area contributed by atoms with Gasteiger partial charge in [0, 0.05) is 43.1 Å². The molecule has 2 heterocycles. The average molecular weight is 512 g/mol. The predicted octanol–water partition coefficient (Wildman–Crippen LogP) is 4.76. The van der Waals surface area contributed by atoms with E-state index in [-0.39, 0.29) is 40.3 Å². The van der Waals surface area contributed by atoms with E-state index in [1.807, 2.05) is 7.05 Å². The van der Waals surface area contributed by atoms with Gasteiger partial charge in [0.25, 0.3) is 0 Å². The van der Waals surface area contributed by atoms with E-state index >= 15 is 0 Å². The van der Waals surface area contributed by atoms with Gasteiger partial charge in [0.15, 0.2) is 5.78 Å². The number of carbonyl (C=O) groups is 2. The number of likely N-dealkylation sites (N-methyl/N-ethyl adjacent to an activating group) is 1. The Labute approximate surface area is 218 Å². The van der Waals surface area contributed by atoms with Crippen LogP contribution in [0.25, 0.3) is 0 Å². The van der Waals surface area contributed by atoms with E-state index < -0.39 is 12.2 Å². The molecule has 8 heteroatoms. The van der Waals surface area contributed by atoms with Crippen molar-refractivity contribution < 1.29 is 23.6 Å².